The lowest BCUT2D eigenvalue weighted by molar-refractivity contribution is -0.130. The zero-order valence-corrected chi connectivity index (χ0v) is 10.2. The van der Waals surface area contributed by atoms with Crippen LogP contribution in [0.4, 0.5) is 4.39 Å². The van der Waals surface area contributed by atoms with Gasteiger partial charge in [0.2, 0.25) is 5.91 Å². The molecule has 0 aliphatic rings. The van der Waals surface area contributed by atoms with Crippen molar-refractivity contribution in [3.63, 3.8) is 0 Å². The molecule has 0 saturated heterocycles. The molecule has 5 heteroatoms. The van der Waals surface area contributed by atoms with Gasteiger partial charge in [-0.2, -0.15) is 5.26 Å². The molecule has 17 heavy (non-hydrogen) atoms. The van der Waals surface area contributed by atoms with Crippen LogP contribution in [0.25, 0.3) is 0 Å². The highest BCUT2D eigenvalue weighted by Gasteiger charge is 2.14. The minimum atomic E-state index is -0.405. The monoisotopic (exact) mass is 254 g/mol. The summed E-state index contributed by atoms with van der Waals surface area (Å²) in [6, 6.07) is 5.98. The van der Waals surface area contributed by atoms with Crippen molar-refractivity contribution < 1.29 is 9.18 Å². The highest BCUT2D eigenvalue weighted by atomic mass is 35.5. The number of rotatable bonds is 4. The van der Waals surface area contributed by atoms with Crippen molar-refractivity contribution in [3.05, 3.63) is 34.6 Å². The van der Waals surface area contributed by atoms with E-state index < -0.39 is 5.82 Å². The molecule has 0 aliphatic heterocycles. The van der Waals surface area contributed by atoms with Gasteiger partial charge in [0, 0.05) is 23.7 Å². The molecule has 0 aliphatic carbocycles. The third-order valence-corrected chi connectivity index (χ3v) is 2.57. The van der Waals surface area contributed by atoms with Gasteiger partial charge in [-0.15, -0.1) is 0 Å². The lowest BCUT2D eigenvalue weighted by Crippen LogP contribution is -2.30. The van der Waals surface area contributed by atoms with Crippen molar-refractivity contribution in [1.29, 1.82) is 5.26 Å². The van der Waals surface area contributed by atoms with Crippen LogP contribution in [0, 0.1) is 17.1 Å². The van der Waals surface area contributed by atoms with E-state index in [-0.39, 0.29) is 18.9 Å². The summed E-state index contributed by atoms with van der Waals surface area (Å²) in [5.74, 6) is -0.716. The van der Waals surface area contributed by atoms with E-state index in [1.54, 1.807) is 13.0 Å². The Morgan fingerprint density at radius 2 is 2.29 bits per heavy atom. The number of hydrogen-bond acceptors (Lipinski definition) is 2. The van der Waals surface area contributed by atoms with Crippen LogP contribution in [0.2, 0.25) is 5.02 Å². The smallest absolute Gasteiger partial charge is 0.237 e. The Balaban J connectivity index is 2.84. The average molecular weight is 255 g/mol. The van der Waals surface area contributed by atoms with Crippen molar-refractivity contribution in [2.45, 2.75) is 19.9 Å². The van der Waals surface area contributed by atoms with Crippen LogP contribution in [0.1, 0.15) is 18.9 Å². The quantitative estimate of drug-likeness (QED) is 0.829. The number of carbonyl (C=O) groups is 1. The highest BCUT2D eigenvalue weighted by molar-refractivity contribution is 6.30. The standard InChI is InChI=1S/C12H12ClFN2O/c1-2-16(12(17)5-6-15)8-9-7-10(13)3-4-11(9)14/h3-4,7H,2,5,8H2,1H3. The molecule has 1 aromatic rings. The van der Waals surface area contributed by atoms with Gasteiger partial charge in [0.05, 0.1) is 6.07 Å². The molecular weight excluding hydrogens is 243 g/mol. The van der Waals surface area contributed by atoms with Gasteiger partial charge < -0.3 is 4.90 Å². The Kier molecular flexibility index (Phi) is 4.92. The van der Waals surface area contributed by atoms with Crippen LogP contribution in [-0.2, 0) is 11.3 Å². The number of amides is 1. The Bertz CT molecular complexity index is 456. The summed E-state index contributed by atoms with van der Waals surface area (Å²) in [5, 5.41) is 8.87. The first-order valence-electron chi connectivity index (χ1n) is 5.17. The largest absolute Gasteiger partial charge is 0.338 e. The summed E-state index contributed by atoms with van der Waals surface area (Å²) in [5.41, 5.74) is 0.352. The van der Waals surface area contributed by atoms with Crippen molar-refractivity contribution in [2.75, 3.05) is 6.54 Å². The maximum absolute atomic E-state index is 13.5. The van der Waals surface area contributed by atoms with Crippen LogP contribution in [-0.4, -0.2) is 17.4 Å². The normalized spacial score (nSPS) is 9.76. The molecule has 0 atom stereocenters. The summed E-state index contributed by atoms with van der Waals surface area (Å²) < 4.78 is 13.5. The van der Waals surface area contributed by atoms with Crippen LogP contribution in [0.15, 0.2) is 18.2 Å². The first-order valence-corrected chi connectivity index (χ1v) is 5.55. The van der Waals surface area contributed by atoms with Gasteiger partial charge in [-0.25, -0.2) is 4.39 Å². The number of nitriles is 1. The third kappa shape index (κ3) is 3.72. The molecule has 90 valence electrons. The van der Waals surface area contributed by atoms with Gasteiger partial charge in [-0.3, -0.25) is 4.79 Å². The van der Waals surface area contributed by atoms with E-state index in [9.17, 15) is 9.18 Å². The van der Waals surface area contributed by atoms with E-state index in [1.807, 2.05) is 0 Å². The first-order chi connectivity index (χ1) is 8.08. The maximum atomic E-state index is 13.5. The Morgan fingerprint density at radius 3 is 2.88 bits per heavy atom. The van der Waals surface area contributed by atoms with E-state index in [4.69, 9.17) is 16.9 Å². The molecule has 1 rings (SSSR count). The van der Waals surface area contributed by atoms with Gasteiger partial charge in [0.15, 0.2) is 0 Å². The molecule has 0 spiro atoms. The fraction of sp³-hybridized carbons (Fsp3) is 0.333. The summed E-state index contributed by atoms with van der Waals surface area (Å²) in [6.07, 6.45) is -0.198. The summed E-state index contributed by atoms with van der Waals surface area (Å²) in [7, 11) is 0. The predicted octanol–water partition coefficient (Wildman–Crippen LogP) is 2.74. The summed E-state index contributed by atoms with van der Waals surface area (Å²) >= 11 is 5.76. The van der Waals surface area contributed by atoms with Crippen molar-refractivity contribution in [1.82, 2.24) is 4.90 Å². The third-order valence-electron chi connectivity index (χ3n) is 2.33. The topological polar surface area (TPSA) is 44.1 Å². The number of halogens is 2. The molecule has 0 heterocycles. The molecule has 0 aromatic heterocycles. The number of benzene rings is 1. The molecule has 0 bridgehead atoms. The molecule has 0 fully saturated rings. The minimum absolute atomic E-state index is 0.128. The lowest BCUT2D eigenvalue weighted by atomic mass is 10.2. The number of hydrogen-bond donors (Lipinski definition) is 0. The van der Waals surface area contributed by atoms with E-state index >= 15 is 0 Å². The summed E-state index contributed by atoms with van der Waals surface area (Å²) in [6.45, 7) is 2.33. The van der Waals surface area contributed by atoms with E-state index in [0.717, 1.165) is 0 Å². The zero-order chi connectivity index (χ0) is 12.8. The Hall–Kier alpha value is -1.60. The number of carbonyl (C=O) groups excluding carboxylic acids is 1. The SMILES string of the molecule is CCN(Cc1cc(Cl)ccc1F)C(=O)CC#N. The molecule has 0 saturated carbocycles. The summed E-state index contributed by atoms with van der Waals surface area (Å²) in [4.78, 5) is 12.9. The van der Waals surface area contributed by atoms with Crippen molar-refractivity contribution in [2.24, 2.45) is 0 Å². The molecule has 0 N–H and O–H groups in total. The zero-order valence-electron chi connectivity index (χ0n) is 9.41. The van der Waals surface area contributed by atoms with Crippen LogP contribution < -0.4 is 0 Å². The predicted molar refractivity (Wildman–Crippen MR) is 62.7 cm³/mol. The minimum Gasteiger partial charge on any atom is -0.338 e. The first kappa shape index (κ1) is 13.5. The van der Waals surface area contributed by atoms with Gasteiger partial charge in [0.25, 0.3) is 0 Å². The Labute approximate surface area is 104 Å². The molecule has 1 aromatic carbocycles. The van der Waals surface area contributed by atoms with E-state index in [1.165, 1.54) is 23.1 Å². The maximum Gasteiger partial charge on any atom is 0.237 e. The second-order valence-corrected chi connectivity index (χ2v) is 3.91. The number of nitrogens with zero attached hydrogens (tertiary/aromatic N) is 2. The van der Waals surface area contributed by atoms with Gasteiger partial charge in [-0.1, -0.05) is 11.6 Å². The molecule has 1 amide bonds. The Morgan fingerprint density at radius 1 is 1.59 bits per heavy atom. The van der Waals surface area contributed by atoms with Crippen molar-refractivity contribution >= 4 is 17.5 Å². The fourth-order valence-corrected chi connectivity index (χ4v) is 1.62. The van der Waals surface area contributed by atoms with Gasteiger partial charge in [-0.05, 0) is 25.1 Å². The van der Waals surface area contributed by atoms with Gasteiger partial charge >= 0.3 is 0 Å². The van der Waals surface area contributed by atoms with E-state index in [0.29, 0.717) is 17.1 Å². The van der Waals surface area contributed by atoms with Gasteiger partial charge in [0.1, 0.15) is 12.2 Å². The molecular formula is C12H12ClFN2O. The van der Waals surface area contributed by atoms with E-state index in [2.05, 4.69) is 0 Å². The second kappa shape index (κ2) is 6.21. The highest BCUT2D eigenvalue weighted by Crippen LogP contribution is 2.17. The molecule has 3 nitrogen and oxygen atoms in total. The lowest BCUT2D eigenvalue weighted by Gasteiger charge is -2.20. The fourth-order valence-electron chi connectivity index (χ4n) is 1.43. The average Bonchev–Trinajstić information content (AvgIpc) is 2.30. The van der Waals surface area contributed by atoms with Crippen LogP contribution in [0.3, 0.4) is 0 Å². The second-order valence-electron chi connectivity index (χ2n) is 3.48. The van der Waals surface area contributed by atoms with Crippen molar-refractivity contribution in [3.8, 4) is 6.07 Å². The molecule has 0 unspecified atom stereocenters. The van der Waals surface area contributed by atoms with Crippen LogP contribution in [0.5, 0.6) is 0 Å². The molecule has 0 radical (unpaired) electrons. The van der Waals surface area contributed by atoms with Crippen LogP contribution >= 0.6 is 11.6 Å².